The summed E-state index contributed by atoms with van der Waals surface area (Å²) in [7, 11) is 1.56. The molecule has 0 unspecified atom stereocenters. The fourth-order valence-electron chi connectivity index (χ4n) is 4.32. The van der Waals surface area contributed by atoms with Crippen molar-refractivity contribution < 1.29 is 28.8 Å². The Bertz CT molecular complexity index is 1330. The number of carbonyl (C=O) groups excluding carboxylic acids is 1. The Morgan fingerprint density at radius 3 is 2.63 bits per heavy atom. The number of ether oxygens (including phenoxy) is 4. The van der Waals surface area contributed by atoms with Gasteiger partial charge in [-0.1, -0.05) is 32.4 Å². The van der Waals surface area contributed by atoms with Crippen LogP contribution in [0.1, 0.15) is 27.2 Å². The number of hydrogen-bond donors (Lipinski definition) is 3. The summed E-state index contributed by atoms with van der Waals surface area (Å²) < 4.78 is 23.0. The molecule has 0 bridgehead atoms. The highest BCUT2D eigenvalue weighted by molar-refractivity contribution is 6.33. The molecular formula is C30H39ClN4O6. The van der Waals surface area contributed by atoms with Crippen LogP contribution in [0.25, 0.3) is 10.9 Å². The number of methoxy groups -OCH3 is 1. The van der Waals surface area contributed by atoms with Crippen LogP contribution in [-0.4, -0.2) is 80.2 Å². The molecule has 222 valence electrons. The lowest BCUT2D eigenvalue weighted by Gasteiger charge is -2.28. The van der Waals surface area contributed by atoms with Gasteiger partial charge in [-0.3, -0.25) is 9.88 Å². The Kier molecular flexibility index (Phi) is 10.5. The number of hydrogen-bond acceptors (Lipinski definition) is 8. The number of nitrogens with zero attached hydrogens (tertiary/aromatic N) is 2. The molecule has 2 heterocycles. The minimum absolute atomic E-state index is 0.114. The molecule has 1 atom stereocenters. The van der Waals surface area contributed by atoms with Crippen LogP contribution < -0.4 is 24.8 Å². The van der Waals surface area contributed by atoms with E-state index in [1.54, 1.807) is 49.7 Å². The SMILES string of the molecule is COc1cc2c(Oc3ccc(NC(=O)NCCC(C)(C)C)c(Cl)c3)ccnc2cc1OC[C@H](O)CN1CCOCC1. The number of morpholine rings is 1. The fraction of sp³-hybridized carbons (Fsp3) is 0.467. The Morgan fingerprint density at radius 1 is 1.15 bits per heavy atom. The maximum absolute atomic E-state index is 12.3. The lowest BCUT2D eigenvalue weighted by molar-refractivity contribution is 0.00446. The highest BCUT2D eigenvalue weighted by atomic mass is 35.5. The molecule has 3 N–H and O–H groups in total. The lowest BCUT2D eigenvalue weighted by atomic mass is 9.92. The number of carbonyl (C=O) groups is 1. The van der Waals surface area contributed by atoms with Gasteiger partial charge in [0.25, 0.3) is 0 Å². The zero-order valence-corrected chi connectivity index (χ0v) is 24.8. The molecular weight excluding hydrogens is 548 g/mol. The number of rotatable bonds is 11. The first-order valence-corrected chi connectivity index (χ1v) is 14.1. The van der Waals surface area contributed by atoms with E-state index in [1.165, 1.54) is 0 Å². The van der Waals surface area contributed by atoms with Gasteiger partial charge in [0.15, 0.2) is 11.5 Å². The molecule has 1 aliphatic heterocycles. The molecule has 1 saturated heterocycles. The van der Waals surface area contributed by atoms with Gasteiger partial charge in [0.05, 0.1) is 36.6 Å². The van der Waals surface area contributed by atoms with Gasteiger partial charge in [0.2, 0.25) is 0 Å². The normalized spacial score (nSPS) is 14.9. The second-order valence-corrected chi connectivity index (χ2v) is 11.5. The Balaban J connectivity index is 1.41. The van der Waals surface area contributed by atoms with E-state index < -0.39 is 6.10 Å². The summed E-state index contributed by atoms with van der Waals surface area (Å²) in [5.74, 6) is 2.00. The first kappa shape index (κ1) is 30.6. The summed E-state index contributed by atoms with van der Waals surface area (Å²) in [4.78, 5) is 18.9. The van der Waals surface area contributed by atoms with Crippen molar-refractivity contribution in [2.24, 2.45) is 5.41 Å². The van der Waals surface area contributed by atoms with Gasteiger partial charge in [-0.2, -0.15) is 0 Å². The number of fused-ring (bicyclic) bond motifs is 1. The smallest absolute Gasteiger partial charge is 0.319 e. The highest BCUT2D eigenvalue weighted by Crippen LogP contribution is 2.38. The first-order valence-electron chi connectivity index (χ1n) is 13.7. The van der Waals surface area contributed by atoms with Crippen molar-refractivity contribution >= 4 is 34.2 Å². The van der Waals surface area contributed by atoms with Crippen LogP contribution in [0.4, 0.5) is 10.5 Å². The van der Waals surface area contributed by atoms with Gasteiger partial charge < -0.3 is 34.7 Å². The molecule has 1 aromatic heterocycles. The van der Waals surface area contributed by atoms with Crippen LogP contribution in [-0.2, 0) is 4.74 Å². The van der Waals surface area contributed by atoms with E-state index in [0.29, 0.717) is 70.9 Å². The van der Waals surface area contributed by atoms with E-state index >= 15 is 0 Å². The number of aliphatic hydroxyl groups excluding tert-OH is 1. The molecule has 0 radical (unpaired) electrons. The van der Waals surface area contributed by atoms with Gasteiger partial charge in [0.1, 0.15) is 24.2 Å². The van der Waals surface area contributed by atoms with Crippen LogP contribution in [0, 0.1) is 5.41 Å². The number of pyridine rings is 1. The largest absolute Gasteiger partial charge is 0.493 e. The van der Waals surface area contributed by atoms with Gasteiger partial charge in [0, 0.05) is 49.9 Å². The number of halogens is 1. The summed E-state index contributed by atoms with van der Waals surface area (Å²) in [5, 5.41) is 17.2. The standard InChI is InChI=1S/C30H39ClN4O6/c1-30(2,3)8-10-33-29(37)34-24-6-5-21(15-23(24)31)41-26-7-9-32-25-17-28(27(38-4)16-22(25)26)40-19-20(36)18-35-11-13-39-14-12-35/h5-7,9,15-17,20,36H,8,10-14,18-19H2,1-4H3,(H2,33,34,37)/t20-/m1/s1. The van der Waals surface area contributed by atoms with Crippen molar-refractivity contribution in [1.29, 1.82) is 0 Å². The zero-order chi connectivity index (χ0) is 29.4. The molecule has 41 heavy (non-hydrogen) atoms. The van der Waals surface area contributed by atoms with Gasteiger partial charge in [-0.05, 0) is 36.1 Å². The molecule has 1 fully saturated rings. The fourth-order valence-corrected chi connectivity index (χ4v) is 4.53. The second kappa shape index (κ2) is 14.0. The number of nitrogens with one attached hydrogen (secondary N) is 2. The molecule has 0 saturated carbocycles. The zero-order valence-electron chi connectivity index (χ0n) is 24.0. The van der Waals surface area contributed by atoms with Crippen molar-refractivity contribution in [3.63, 3.8) is 0 Å². The second-order valence-electron chi connectivity index (χ2n) is 11.1. The third-order valence-corrected chi connectivity index (χ3v) is 6.88. The molecule has 2 aromatic carbocycles. The predicted molar refractivity (Wildman–Crippen MR) is 160 cm³/mol. The lowest BCUT2D eigenvalue weighted by Crippen LogP contribution is -2.42. The van der Waals surface area contributed by atoms with Crippen molar-refractivity contribution in [2.45, 2.75) is 33.3 Å². The Morgan fingerprint density at radius 2 is 1.93 bits per heavy atom. The molecule has 1 aliphatic rings. The minimum atomic E-state index is -0.659. The topological polar surface area (TPSA) is 114 Å². The van der Waals surface area contributed by atoms with Crippen molar-refractivity contribution in [3.05, 3.63) is 47.6 Å². The van der Waals surface area contributed by atoms with Gasteiger partial charge >= 0.3 is 6.03 Å². The summed E-state index contributed by atoms with van der Waals surface area (Å²) in [6, 6.07) is 10.1. The van der Waals surface area contributed by atoms with E-state index in [1.807, 2.05) is 0 Å². The number of aliphatic hydroxyl groups is 1. The molecule has 2 amide bonds. The molecule has 10 nitrogen and oxygen atoms in total. The summed E-state index contributed by atoms with van der Waals surface area (Å²) in [6.07, 6.45) is 1.84. The number of aromatic nitrogens is 1. The first-order chi connectivity index (χ1) is 19.6. The van der Waals surface area contributed by atoms with E-state index in [0.717, 1.165) is 19.5 Å². The highest BCUT2D eigenvalue weighted by Gasteiger charge is 2.18. The van der Waals surface area contributed by atoms with Crippen molar-refractivity contribution in [1.82, 2.24) is 15.2 Å². The maximum Gasteiger partial charge on any atom is 0.319 e. The number of β-amino-alcohol motifs (C(OH)–C–C–N with tert-alkyl or cyclic N) is 1. The maximum atomic E-state index is 12.3. The molecule has 11 heteroatoms. The van der Waals surface area contributed by atoms with Crippen LogP contribution in [0.3, 0.4) is 0 Å². The monoisotopic (exact) mass is 586 g/mol. The quantitative estimate of drug-likeness (QED) is 0.277. The molecule has 0 spiro atoms. The van der Waals surface area contributed by atoms with Gasteiger partial charge in [-0.25, -0.2) is 4.79 Å². The van der Waals surface area contributed by atoms with Crippen LogP contribution in [0.15, 0.2) is 42.6 Å². The van der Waals surface area contributed by atoms with Crippen molar-refractivity contribution in [2.75, 3.05) is 58.4 Å². The molecule has 3 aromatic rings. The van der Waals surface area contributed by atoms with Crippen LogP contribution in [0.2, 0.25) is 5.02 Å². The third kappa shape index (κ3) is 9.09. The van der Waals surface area contributed by atoms with E-state index in [-0.39, 0.29) is 18.1 Å². The summed E-state index contributed by atoms with van der Waals surface area (Å²) in [5.41, 5.74) is 1.24. The van der Waals surface area contributed by atoms with Gasteiger partial charge in [-0.15, -0.1) is 0 Å². The van der Waals surface area contributed by atoms with E-state index in [2.05, 4.69) is 41.3 Å². The minimum Gasteiger partial charge on any atom is -0.493 e. The van der Waals surface area contributed by atoms with Crippen LogP contribution in [0.5, 0.6) is 23.0 Å². The van der Waals surface area contributed by atoms with E-state index in [9.17, 15) is 9.90 Å². The van der Waals surface area contributed by atoms with E-state index in [4.69, 9.17) is 30.5 Å². The summed E-state index contributed by atoms with van der Waals surface area (Å²) in [6.45, 7) is 10.5. The molecule has 0 aliphatic carbocycles. The molecule has 4 rings (SSSR count). The average Bonchev–Trinajstić information content (AvgIpc) is 2.93. The third-order valence-electron chi connectivity index (χ3n) is 6.57. The predicted octanol–water partition coefficient (Wildman–Crippen LogP) is 5.32. The average molecular weight is 587 g/mol. The number of anilines is 1. The summed E-state index contributed by atoms with van der Waals surface area (Å²) >= 11 is 6.45. The Labute approximate surface area is 245 Å². The number of urea groups is 1. The van der Waals surface area contributed by atoms with Crippen molar-refractivity contribution in [3.8, 4) is 23.0 Å². The number of amides is 2. The Hall–Kier alpha value is -3.31. The van der Waals surface area contributed by atoms with Crippen LogP contribution >= 0.6 is 11.6 Å². The number of benzene rings is 2.